The van der Waals surface area contributed by atoms with Crippen molar-refractivity contribution in [2.75, 3.05) is 0 Å². The first kappa shape index (κ1) is 13.6. The average Bonchev–Trinajstić information content (AvgIpc) is 2.74. The molecule has 0 bridgehead atoms. The van der Waals surface area contributed by atoms with Gasteiger partial charge in [-0.2, -0.15) is 0 Å². The monoisotopic (exact) mass is 300 g/mol. The van der Waals surface area contributed by atoms with E-state index < -0.39 is 5.97 Å². The highest BCUT2D eigenvalue weighted by molar-refractivity contribution is 6.32. The zero-order chi connectivity index (χ0) is 15.1. The van der Waals surface area contributed by atoms with Crippen LogP contribution in [0.3, 0.4) is 0 Å². The molecule has 106 valence electrons. The Morgan fingerprint density at radius 1 is 1.24 bits per heavy atom. The van der Waals surface area contributed by atoms with Gasteiger partial charge in [0.1, 0.15) is 11.3 Å². The summed E-state index contributed by atoms with van der Waals surface area (Å²) in [4.78, 5) is 15.7. The summed E-state index contributed by atoms with van der Waals surface area (Å²) in [6.07, 6.45) is 0. The lowest BCUT2D eigenvalue weighted by Crippen LogP contribution is -1.99. The second kappa shape index (κ2) is 4.90. The zero-order valence-corrected chi connectivity index (χ0v) is 12.3. The molecule has 0 aliphatic rings. The molecule has 0 atom stereocenters. The number of para-hydroxylation sites is 1. The first-order chi connectivity index (χ1) is 9.99. The first-order valence-corrected chi connectivity index (χ1v) is 6.84. The molecule has 2 aromatic carbocycles. The molecule has 1 N–H and O–H groups in total. The van der Waals surface area contributed by atoms with Crippen LogP contribution < -0.4 is 0 Å². The van der Waals surface area contributed by atoms with Gasteiger partial charge in [0.05, 0.1) is 21.8 Å². The van der Waals surface area contributed by atoms with Gasteiger partial charge in [0.25, 0.3) is 0 Å². The summed E-state index contributed by atoms with van der Waals surface area (Å²) < 4.78 is 1.88. The minimum absolute atomic E-state index is 0.192. The Morgan fingerprint density at radius 2 is 2.00 bits per heavy atom. The number of fused-ring (bicyclic) bond motifs is 1. The van der Waals surface area contributed by atoms with Crippen molar-refractivity contribution in [1.82, 2.24) is 9.55 Å². The molecule has 1 aromatic heterocycles. The van der Waals surface area contributed by atoms with E-state index in [1.54, 1.807) is 12.1 Å². The van der Waals surface area contributed by atoms with Gasteiger partial charge < -0.3 is 5.11 Å². The highest BCUT2D eigenvalue weighted by Crippen LogP contribution is 2.28. The van der Waals surface area contributed by atoms with E-state index in [-0.39, 0.29) is 5.56 Å². The Labute approximate surface area is 126 Å². The fourth-order valence-corrected chi connectivity index (χ4v) is 2.80. The van der Waals surface area contributed by atoms with Crippen molar-refractivity contribution in [2.45, 2.75) is 13.8 Å². The number of aryl methyl sites for hydroxylation is 2. The summed E-state index contributed by atoms with van der Waals surface area (Å²) in [7, 11) is 0. The molecule has 5 heteroatoms. The molecule has 0 fully saturated rings. The highest BCUT2D eigenvalue weighted by Gasteiger charge is 2.17. The first-order valence-electron chi connectivity index (χ1n) is 6.47. The number of benzene rings is 2. The molecule has 0 unspecified atom stereocenters. The van der Waals surface area contributed by atoms with Gasteiger partial charge in [-0.15, -0.1) is 0 Å². The molecule has 21 heavy (non-hydrogen) atoms. The molecule has 0 saturated heterocycles. The second-order valence-electron chi connectivity index (χ2n) is 4.93. The maximum absolute atomic E-state index is 11.3. The quantitative estimate of drug-likeness (QED) is 0.778. The van der Waals surface area contributed by atoms with Crippen molar-refractivity contribution in [3.05, 3.63) is 58.4 Å². The van der Waals surface area contributed by atoms with Crippen LogP contribution in [0.1, 0.15) is 21.7 Å². The van der Waals surface area contributed by atoms with Crippen molar-refractivity contribution >= 4 is 28.6 Å². The van der Waals surface area contributed by atoms with Crippen molar-refractivity contribution in [1.29, 1.82) is 0 Å². The third-order valence-corrected chi connectivity index (χ3v) is 3.73. The summed E-state index contributed by atoms with van der Waals surface area (Å²) in [5.41, 5.74) is 3.26. The topological polar surface area (TPSA) is 55.1 Å². The predicted molar refractivity (Wildman–Crippen MR) is 82.5 cm³/mol. The van der Waals surface area contributed by atoms with E-state index in [0.717, 1.165) is 16.8 Å². The van der Waals surface area contributed by atoms with Crippen LogP contribution in [0.15, 0.2) is 36.4 Å². The van der Waals surface area contributed by atoms with Crippen LogP contribution >= 0.6 is 11.6 Å². The van der Waals surface area contributed by atoms with E-state index in [2.05, 4.69) is 4.98 Å². The SMILES string of the molecule is Cc1ccc(-n2c(C)nc3c(C(=O)O)cccc32)c(Cl)c1. The molecule has 3 rings (SSSR count). The molecule has 3 aromatic rings. The molecule has 0 spiro atoms. The number of carbonyl (C=O) groups is 1. The molecular weight excluding hydrogens is 288 g/mol. The average molecular weight is 301 g/mol. The zero-order valence-electron chi connectivity index (χ0n) is 11.6. The van der Waals surface area contributed by atoms with Gasteiger partial charge in [0.2, 0.25) is 0 Å². The van der Waals surface area contributed by atoms with E-state index in [1.165, 1.54) is 0 Å². The summed E-state index contributed by atoms with van der Waals surface area (Å²) in [5.74, 6) is -0.287. The van der Waals surface area contributed by atoms with Crippen molar-refractivity contribution in [2.24, 2.45) is 0 Å². The summed E-state index contributed by atoms with van der Waals surface area (Å²) in [5, 5.41) is 9.88. The Hall–Kier alpha value is -2.33. The van der Waals surface area contributed by atoms with Crippen molar-refractivity contribution in [3.63, 3.8) is 0 Å². The van der Waals surface area contributed by atoms with Gasteiger partial charge in [-0.05, 0) is 43.7 Å². The molecule has 0 aliphatic heterocycles. The third-order valence-electron chi connectivity index (χ3n) is 3.43. The highest BCUT2D eigenvalue weighted by atomic mass is 35.5. The van der Waals surface area contributed by atoms with Crippen molar-refractivity contribution in [3.8, 4) is 5.69 Å². The standard InChI is InChI=1S/C16H13ClN2O2/c1-9-6-7-13(12(17)8-9)19-10(2)18-15-11(16(20)21)4-3-5-14(15)19/h3-8H,1-2H3,(H,20,21). The van der Waals surface area contributed by atoms with E-state index in [1.807, 2.05) is 42.7 Å². The molecule has 0 aliphatic carbocycles. The lowest BCUT2D eigenvalue weighted by molar-refractivity contribution is 0.0699. The number of rotatable bonds is 2. The van der Waals surface area contributed by atoms with E-state index in [9.17, 15) is 9.90 Å². The third kappa shape index (κ3) is 2.17. The minimum Gasteiger partial charge on any atom is -0.478 e. The van der Waals surface area contributed by atoms with Crippen LogP contribution in [0.5, 0.6) is 0 Å². The van der Waals surface area contributed by atoms with Crippen LogP contribution in [0.2, 0.25) is 5.02 Å². The normalized spacial score (nSPS) is 11.0. The summed E-state index contributed by atoms with van der Waals surface area (Å²) in [6, 6.07) is 10.9. The number of hydrogen-bond donors (Lipinski definition) is 1. The van der Waals surface area contributed by atoms with Crippen LogP contribution in [-0.4, -0.2) is 20.6 Å². The molecule has 0 radical (unpaired) electrons. The molecule has 1 heterocycles. The van der Waals surface area contributed by atoms with Gasteiger partial charge in [-0.3, -0.25) is 4.57 Å². The Kier molecular flexibility index (Phi) is 3.18. The maximum atomic E-state index is 11.3. The number of carboxylic acid groups (broad SMARTS) is 1. The predicted octanol–water partition coefficient (Wildman–Crippen LogP) is 3.99. The largest absolute Gasteiger partial charge is 0.478 e. The van der Waals surface area contributed by atoms with E-state index >= 15 is 0 Å². The number of imidazole rings is 1. The van der Waals surface area contributed by atoms with Crippen molar-refractivity contribution < 1.29 is 9.90 Å². The van der Waals surface area contributed by atoms with Crippen LogP contribution in [-0.2, 0) is 0 Å². The Balaban J connectivity index is 2.36. The van der Waals surface area contributed by atoms with Gasteiger partial charge in [-0.1, -0.05) is 23.7 Å². The molecular formula is C16H13ClN2O2. The molecule has 4 nitrogen and oxygen atoms in total. The number of nitrogens with zero attached hydrogens (tertiary/aromatic N) is 2. The Morgan fingerprint density at radius 3 is 2.67 bits per heavy atom. The van der Waals surface area contributed by atoms with Gasteiger partial charge in [0.15, 0.2) is 0 Å². The van der Waals surface area contributed by atoms with Crippen LogP contribution in [0.25, 0.3) is 16.7 Å². The van der Waals surface area contributed by atoms with Gasteiger partial charge in [0, 0.05) is 0 Å². The minimum atomic E-state index is -0.986. The van der Waals surface area contributed by atoms with E-state index in [4.69, 9.17) is 11.6 Å². The van der Waals surface area contributed by atoms with Crippen LogP contribution in [0, 0.1) is 13.8 Å². The fraction of sp³-hybridized carbons (Fsp3) is 0.125. The number of aromatic carboxylic acids is 1. The maximum Gasteiger partial charge on any atom is 0.337 e. The summed E-state index contributed by atoms with van der Waals surface area (Å²) >= 11 is 6.33. The Bertz CT molecular complexity index is 868. The van der Waals surface area contributed by atoms with Crippen LogP contribution in [0.4, 0.5) is 0 Å². The second-order valence-corrected chi connectivity index (χ2v) is 5.33. The van der Waals surface area contributed by atoms with Gasteiger partial charge in [-0.25, -0.2) is 9.78 Å². The van der Waals surface area contributed by atoms with Gasteiger partial charge >= 0.3 is 5.97 Å². The fourth-order valence-electron chi connectivity index (χ4n) is 2.49. The lowest BCUT2D eigenvalue weighted by Gasteiger charge is -2.10. The van der Waals surface area contributed by atoms with E-state index in [0.29, 0.717) is 16.4 Å². The lowest BCUT2D eigenvalue weighted by atomic mass is 10.2. The number of carboxylic acids is 1. The number of halogens is 1. The molecule has 0 saturated carbocycles. The molecule has 0 amide bonds. The summed E-state index contributed by atoms with van der Waals surface area (Å²) in [6.45, 7) is 3.80. The number of hydrogen-bond acceptors (Lipinski definition) is 2. The smallest absolute Gasteiger partial charge is 0.337 e. The number of aromatic nitrogens is 2.